The number of thiophene rings is 1. The zero-order valence-corrected chi connectivity index (χ0v) is 16.4. The van der Waals surface area contributed by atoms with Crippen LogP contribution in [-0.4, -0.2) is 32.4 Å². The van der Waals surface area contributed by atoms with Gasteiger partial charge in [0, 0.05) is 17.0 Å². The number of fused-ring (bicyclic) bond motifs is 1. The predicted octanol–water partition coefficient (Wildman–Crippen LogP) is 3.91. The number of carbonyl (C=O) groups is 1. The van der Waals surface area contributed by atoms with Gasteiger partial charge < -0.3 is 4.90 Å². The van der Waals surface area contributed by atoms with Crippen LogP contribution in [-0.2, 0) is 11.3 Å². The standard InChI is InChI=1S/C21H23N3O2S/c1-14-7-6-8-15(2)24(14)19(25)12-23-13-22-20-17(21(23)26)11-18(27-20)16-9-4-3-5-10-16/h3-5,9-11,13-15H,6-8,12H2,1-2H3/t14-,15-/m0/s1. The fourth-order valence-corrected chi connectivity index (χ4v) is 4.95. The molecular formula is C21H23N3O2S. The number of benzene rings is 1. The van der Waals surface area contributed by atoms with Crippen LogP contribution < -0.4 is 5.56 Å². The summed E-state index contributed by atoms with van der Waals surface area (Å²) in [5, 5.41) is 0.578. The summed E-state index contributed by atoms with van der Waals surface area (Å²) in [5.41, 5.74) is 0.919. The SMILES string of the molecule is C[C@H]1CCC[C@H](C)N1C(=O)Cn1cnc2sc(-c3ccccc3)cc2c1=O. The quantitative estimate of drug-likeness (QED) is 0.691. The molecule has 0 N–H and O–H groups in total. The normalized spacial score (nSPS) is 20.1. The van der Waals surface area contributed by atoms with Crippen molar-refractivity contribution in [3.05, 3.63) is 53.1 Å². The summed E-state index contributed by atoms with van der Waals surface area (Å²) in [6.07, 6.45) is 4.70. The van der Waals surface area contributed by atoms with Crippen molar-refractivity contribution in [1.82, 2.24) is 14.5 Å². The Morgan fingerprint density at radius 3 is 2.59 bits per heavy atom. The molecular weight excluding hydrogens is 358 g/mol. The number of piperidine rings is 1. The van der Waals surface area contributed by atoms with E-state index in [0.717, 1.165) is 29.7 Å². The zero-order chi connectivity index (χ0) is 19.0. The molecule has 6 heteroatoms. The summed E-state index contributed by atoms with van der Waals surface area (Å²) in [4.78, 5) is 33.8. The highest BCUT2D eigenvalue weighted by Gasteiger charge is 2.29. The van der Waals surface area contributed by atoms with Gasteiger partial charge in [0.1, 0.15) is 11.4 Å². The monoisotopic (exact) mass is 381 g/mol. The van der Waals surface area contributed by atoms with Crippen molar-refractivity contribution >= 4 is 27.5 Å². The first-order valence-corrected chi connectivity index (χ1v) is 10.2. The second-order valence-electron chi connectivity index (χ2n) is 7.30. The number of carbonyl (C=O) groups excluding carboxylic acids is 1. The lowest BCUT2D eigenvalue weighted by Crippen LogP contribution is -2.49. The minimum Gasteiger partial charge on any atom is -0.336 e. The summed E-state index contributed by atoms with van der Waals surface area (Å²) >= 11 is 1.50. The van der Waals surface area contributed by atoms with Crippen LogP contribution in [0.15, 0.2) is 47.5 Å². The Balaban J connectivity index is 1.64. The van der Waals surface area contributed by atoms with Gasteiger partial charge in [-0.15, -0.1) is 11.3 Å². The molecule has 1 aromatic carbocycles. The Morgan fingerprint density at radius 1 is 1.19 bits per heavy atom. The molecule has 1 aliphatic rings. The molecule has 0 aliphatic carbocycles. The maximum atomic E-state index is 12.9. The molecule has 0 saturated carbocycles. The molecule has 0 spiro atoms. The molecule has 1 amide bonds. The average molecular weight is 382 g/mol. The van der Waals surface area contributed by atoms with E-state index < -0.39 is 0 Å². The summed E-state index contributed by atoms with van der Waals surface area (Å²) < 4.78 is 1.44. The molecule has 0 bridgehead atoms. The summed E-state index contributed by atoms with van der Waals surface area (Å²) in [7, 11) is 0. The molecule has 5 nitrogen and oxygen atoms in total. The lowest BCUT2D eigenvalue weighted by Gasteiger charge is -2.39. The molecule has 1 aliphatic heterocycles. The number of rotatable bonds is 3. The Hall–Kier alpha value is -2.47. The van der Waals surface area contributed by atoms with Crippen molar-refractivity contribution in [2.24, 2.45) is 0 Å². The van der Waals surface area contributed by atoms with Crippen LogP contribution in [0.3, 0.4) is 0 Å². The lowest BCUT2D eigenvalue weighted by molar-refractivity contribution is -0.138. The molecule has 0 unspecified atom stereocenters. The molecule has 1 saturated heterocycles. The van der Waals surface area contributed by atoms with E-state index in [-0.39, 0.29) is 30.1 Å². The van der Waals surface area contributed by atoms with Crippen LogP contribution in [0.5, 0.6) is 0 Å². The van der Waals surface area contributed by atoms with Gasteiger partial charge in [-0.05, 0) is 44.7 Å². The third-order valence-electron chi connectivity index (χ3n) is 5.36. The van der Waals surface area contributed by atoms with Gasteiger partial charge in [-0.3, -0.25) is 14.2 Å². The third-order valence-corrected chi connectivity index (χ3v) is 6.46. The Labute approximate surface area is 162 Å². The van der Waals surface area contributed by atoms with Crippen LogP contribution in [0.25, 0.3) is 20.7 Å². The van der Waals surface area contributed by atoms with Gasteiger partial charge >= 0.3 is 0 Å². The van der Waals surface area contributed by atoms with Crippen LogP contribution >= 0.6 is 11.3 Å². The smallest absolute Gasteiger partial charge is 0.262 e. The van der Waals surface area contributed by atoms with Crippen LogP contribution in [0, 0.1) is 0 Å². The number of likely N-dealkylation sites (tertiary alicyclic amines) is 1. The van der Waals surface area contributed by atoms with Crippen molar-refractivity contribution in [2.75, 3.05) is 0 Å². The second kappa shape index (κ2) is 7.27. The van der Waals surface area contributed by atoms with E-state index in [1.807, 2.05) is 41.3 Å². The number of aromatic nitrogens is 2. The van der Waals surface area contributed by atoms with Crippen LogP contribution in [0.2, 0.25) is 0 Å². The van der Waals surface area contributed by atoms with E-state index in [0.29, 0.717) is 10.2 Å². The Morgan fingerprint density at radius 2 is 1.89 bits per heavy atom. The number of amides is 1. The van der Waals surface area contributed by atoms with Crippen molar-refractivity contribution in [2.45, 2.75) is 51.7 Å². The van der Waals surface area contributed by atoms with Crippen molar-refractivity contribution in [1.29, 1.82) is 0 Å². The molecule has 2 aromatic heterocycles. The van der Waals surface area contributed by atoms with E-state index in [9.17, 15) is 9.59 Å². The van der Waals surface area contributed by atoms with Gasteiger partial charge in [-0.1, -0.05) is 30.3 Å². The van der Waals surface area contributed by atoms with Crippen molar-refractivity contribution < 1.29 is 4.79 Å². The Bertz CT molecular complexity index is 1010. The minimum atomic E-state index is -0.149. The lowest BCUT2D eigenvalue weighted by atomic mass is 9.97. The van der Waals surface area contributed by atoms with Gasteiger partial charge in [0.15, 0.2) is 0 Å². The highest BCUT2D eigenvalue weighted by Crippen LogP contribution is 2.30. The summed E-state index contributed by atoms with van der Waals surface area (Å²) in [5.74, 6) is -0.00328. The molecule has 1 fully saturated rings. The van der Waals surface area contributed by atoms with Crippen LogP contribution in [0.4, 0.5) is 0 Å². The van der Waals surface area contributed by atoms with Gasteiger partial charge in [0.2, 0.25) is 5.91 Å². The molecule has 0 radical (unpaired) electrons. The largest absolute Gasteiger partial charge is 0.336 e. The van der Waals surface area contributed by atoms with Gasteiger partial charge in [0.25, 0.3) is 5.56 Å². The van der Waals surface area contributed by atoms with E-state index in [1.54, 1.807) is 0 Å². The topological polar surface area (TPSA) is 55.2 Å². The van der Waals surface area contributed by atoms with E-state index in [1.165, 1.54) is 22.2 Å². The summed E-state index contributed by atoms with van der Waals surface area (Å²) in [6.45, 7) is 4.22. The highest BCUT2D eigenvalue weighted by atomic mass is 32.1. The molecule has 2 atom stereocenters. The van der Waals surface area contributed by atoms with E-state index in [2.05, 4.69) is 18.8 Å². The molecule has 4 rings (SSSR count). The first-order chi connectivity index (χ1) is 13.0. The second-order valence-corrected chi connectivity index (χ2v) is 8.33. The minimum absolute atomic E-state index is 0.00328. The van der Waals surface area contributed by atoms with Gasteiger partial charge in [0.05, 0.1) is 11.7 Å². The number of hydrogen-bond donors (Lipinski definition) is 0. The molecule has 3 aromatic rings. The van der Waals surface area contributed by atoms with E-state index in [4.69, 9.17) is 0 Å². The summed E-state index contributed by atoms with van der Waals surface area (Å²) in [6, 6.07) is 12.3. The Kier molecular flexibility index (Phi) is 4.83. The van der Waals surface area contributed by atoms with Gasteiger partial charge in [-0.25, -0.2) is 4.98 Å². The van der Waals surface area contributed by atoms with Crippen molar-refractivity contribution in [3.8, 4) is 10.4 Å². The first-order valence-electron chi connectivity index (χ1n) is 9.40. The molecule has 27 heavy (non-hydrogen) atoms. The maximum Gasteiger partial charge on any atom is 0.262 e. The van der Waals surface area contributed by atoms with Crippen LogP contribution in [0.1, 0.15) is 33.1 Å². The maximum absolute atomic E-state index is 12.9. The predicted molar refractivity (Wildman–Crippen MR) is 109 cm³/mol. The number of nitrogens with zero attached hydrogens (tertiary/aromatic N) is 3. The zero-order valence-electron chi connectivity index (χ0n) is 15.6. The van der Waals surface area contributed by atoms with E-state index >= 15 is 0 Å². The molecule has 3 heterocycles. The number of hydrogen-bond acceptors (Lipinski definition) is 4. The van der Waals surface area contributed by atoms with Crippen molar-refractivity contribution in [3.63, 3.8) is 0 Å². The third kappa shape index (κ3) is 3.41. The fourth-order valence-electron chi connectivity index (χ4n) is 3.96. The first kappa shape index (κ1) is 17.9. The fraction of sp³-hybridized carbons (Fsp3) is 0.381. The van der Waals surface area contributed by atoms with Gasteiger partial charge in [-0.2, -0.15) is 0 Å². The average Bonchev–Trinajstić information content (AvgIpc) is 3.10. The highest BCUT2D eigenvalue weighted by molar-refractivity contribution is 7.21. The molecule has 140 valence electrons.